The van der Waals surface area contributed by atoms with E-state index in [9.17, 15) is 9.18 Å². The zero-order chi connectivity index (χ0) is 27.3. The van der Waals surface area contributed by atoms with Gasteiger partial charge in [-0.15, -0.1) is 0 Å². The van der Waals surface area contributed by atoms with E-state index in [-0.39, 0.29) is 11.4 Å². The fourth-order valence-electron chi connectivity index (χ4n) is 4.23. The molecule has 0 saturated heterocycles. The highest BCUT2D eigenvalue weighted by atomic mass is 32.2. The van der Waals surface area contributed by atoms with E-state index < -0.39 is 0 Å². The van der Waals surface area contributed by atoms with Gasteiger partial charge in [-0.25, -0.2) is 14.4 Å². The van der Waals surface area contributed by atoms with Crippen LogP contribution in [0.4, 0.5) is 4.39 Å². The normalized spacial score (nSPS) is 11.0. The summed E-state index contributed by atoms with van der Waals surface area (Å²) in [5, 5.41) is 0.557. The first-order valence-electron chi connectivity index (χ1n) is 13.6. The number of hydrogen-bond donors (Lipinski definition) is 0. The van der Waals surface area contributed by atoms with Crippen LogP contribution in [0, 0.1) is 5.82 Å². The number of thioether (sulfide) groups is 1. The summed E-state index contributed by atoms with van der Waals surface area (Å²) in [6.07, 6.45) is 15.7. The molecule has 0 bridgehead atoms. The van der Waals surface area contributed by atoms with Crippen molar-refractivity contribution in [2.45, 2.75) is 69.2 Å². The monoisotopic (exact) mass is 546 g/mol. The zero-order valence-electron chi connectivity index (χ0n) is 22.4. The number of benzene rings is 2. The Balaban J connectivity index is 1.51. The molecule has 0 amide bonds. The lowest BCUT2D eigenvalue weighted by molar-refractivity contribution is 0.304. The summed E-state index contributed by atoms with van der Waals surface area (Å²) in [4.78, 5) is 25.5. The Labute approximate surface area is 233 Å². The van der Waals surface area contributed by atoms with Gasteiger partial charge in [0.15, 0.2) is 5.16 Å². The minimum Gasteiger partial charge on any atom is -0.494 e. The molecule has 2 aromatic carbocycles. The van der Waals surface area contributed by atoms with E-state index in [1.807, 2.05) is 35.0 Å². The van der Waals surface area contributed by atoms with Crippen molar-refractivity contribution in [3.8, 4) is 11.4 Å². The summed E-state index contributed by atoms with van der Waals surface area (Å²) in [6, 6.07) is 14.2. The third kappa shape index (κ3) is 9.03. The van der Waals surface area contributed by atoms with Gasteiger partial charge in [-0.3, -0.25) is 9.36 Å². The molecule has 0 spiro atoms. The summed E-state index contributed by atoms with van der Waals surface area (Å²) < 4.78 is 21.4. The average molecular weight is 547 g/mol. The SMILES string of the molecule is CCCCCCCCCOc1cccc(-n2cc(Cc3cncnc3)c(=O)nc2SCc2ccc(F)cc2)c1. The van der Waals surface area contributed by atoms with Crippen molar-refractivity contribution in [2.75, 3.05) is 6.61 Å². The molecule has 0 radical (unpaired) electrons. The maximum atomic E-state index is 13.4. The molecule has 0 aliphatic heterocycles. The third-order valence-corrected chi connectivity index (χ3v) is 7.39. The van der Waals surface area contributed by atoms with Crippen LogP contribution < -0.4 is 10.3 Å². The molecule has 0 aliphatic carbocycles. The van der Waals surface area contributed by atoms with Gasteiger partial charge in [0.25, 0.3) is 5.56 Å². The Kier molecular flexibility index (Phi) is 11.1. The van der Waals surface area contributed by atoms with Crippen molar-refractivity contribution in [1.82, 2.24) is 19.5 Å². The molecule has 0 fully saturated rings. The maximum Gasteiger partial charge on any atom is 0.277 e. The number of unbranched alkanes of at least 4 members (excludes halogenated alkanes) is 6. The number of halogens is 1. The van der Waals surface area contributed by atoms with Gasteiger partial charge in [-0.05, 0) is 41.8 Å². The molecular formula is C31H35FN4O2S. The van der Waals surface area contributed by atoms with E-state index in [0.29, 0.717) is 29.5 Å². The number of nitrogens with zero attached hydrogens (tertiary/aromatic N) is 4. The molecule has 4 rings (SSSR count). The number of rotatable bonds is 15. The van der Waals surface area contributed by atoms with Gasteiger partial charge in [-0.1, -0.05) is 75.4 Å². The first-order chi connectivity index (χ1) is 19.1. The van der Waals surface area contributed by atoms with Crippen molar-refractivity contribution in [1.29, 1.82) is 0 Å². The standard InChI is InChI=1S/C31H35FN4O2S/c1-2-3-4-5-6-7-8-16-38-29-11-9-10-28(18-29)36-21-26(17-25-19-33-23-34-20-25)30(37)35-31(36)39-22-24-12-14-27(32)15-13-24/h9-15,18-21,23H,2-8,16-17,22H2,1H3. The molecule has 4 aromatic rings. The van der Waals surface area contributed by atoms with Crippen LogP contribution in [0.1, 0.15) is 68.6 Å². The first-order valence-corrected chi connectivity index (χ1v) is 14.6. The van der Waals surface area contributed by atoms with Gasteiger partial charge in [0.1, 0.15) is 17.9 Å². The summed E-state index contributed by atoms with van der Waals surface area (Å²) in [6.45, 7) is 2.91. The van der Waals surface area contributed by atoms with Crippen LogP contribution in [-0.2, 0) is 12.2 Å². The van der Waals surface area contributed by atoms with Gasteiger partial charge < -0.3 is 4.74 Å². The highest BCUT2D eigenvalue weighted by molar-refractivity contribution is 7.98. The Morgan fingerprint density at radius 2 is 1.67 bits per heavy atom. The fourth-order valence-corrected chi connectivity index (χ4v) is 5.16. The van der Waals surface area contributed by atoms with Crippen molar-refractivity contribution >= 4 is 11.8 Å². The van der Waals surface area contributed by atoms with Crippen molar-refractivity contribution in [3.05, 3.63) is 106 Å². The summed E-state index contributed by atoms with van der Waals surface area (Å²) in [7, 11) is 0. The molecule has 204 valence electrons. The van der Waals surface area contributed by atoms with Crippen LogP contribution in [-0.4, -0.2) is 26.1 Å². The number of ether oxygens (including phenoxy) is 1. The molecule has 0 unspecified atom stereocenters. The molecule has 0 atom stereocenters. The zero-order valence-corrected chi connectivity index (χ0v) is 23.2. The van der Waals surface area contributed by atoms with E-state index >= 15 is 0 Å². The first kappa shape index (κ1) is 28.5. The Morgan fingerprint density at radius 3 is 2.44 bits per heavy atom. The largest absolute Gasteiger partial charge is 0.494 e. The predicted octanol–water partition coefficient (Wildman–Crippen LogP) is 7.17. The molecule has 8 heteroatoms. The second-order valence-electron chi connectivity index (χ2n) is 9.53. The van der Waals surface area contributed by atoms with Crippen molar-refractivity contribution in [2.24, 2.45) is 0 Å². The number of aromatic nitrogens is 4. The van der Waals surface area contributed by atoms with E-state index in [4.69, 9.17) is 4.74 Å². The minimum absolute atomic E-state index is 0.277. The number of hydrogen-bond acceptors (Lipinski definition) is 6. The molecule has 0 aliphatic rings. The van der Waals surface area contributed by atoms with Gasteiger partial charge in [0.05, 0.1) is 12.3 Å². The molecular weight excluding hydrogens is 511 g/mol. The van der Waals surface area contributed by atoms with Crippen LogP contribution in [0.3, 0.4) is 0 Å². The van der Waals surface area contributed by atoms with E-state index in [2.05, 4.69) is 21.9 Å². The van der Waals surface area contributed by atoms with E-state index in [1.165, 1.54) is 68.7 Å². The van der Waals surface area contributed by atoms with Crippen LogP contribution in [0.5, 0.6) is 5.75 Å². The lowest BCUT2D eigenvalue weighted by Gasteiger charge is -2.15. The molecule has 2 heterocycles. The topological polar surface area (TPSA) is 69.9 Å². The van der Waals surface area contributed by atoms with Crippen LogP contribution >= 0.6 is 11.8 Å². The molecule has 0 saturated carbocycles. The average Bonchev–Trinajstić information content (AvgIpc) is 2.96. The van der Waals surface area contributed by atoms with Crippen LogP contribution in [0.15, 0.2) is 83.4 Å². The lowest BCUT2D eigenvalue weighted by atomic mass is 10.1. The maximum absolute atomic E-state index is 13.4. The summed E-state index contributed by atoms with van der Waals surface area (Å²) in [5.41, 5.74) is 2.89. The van der Waals surface area contributed by atoms with Gasteiger partial charge in [0, 0.05) is 42.4 Å². The van der Waals surface area contributed by atoms with Crippen LogP contribution in [0.25, 0.3) is 5.69 Å². The Hall–Kier alpha value is -3.52. The molecule has 0 N–H and O–H groups in total. The highest BCUT2D eigenvalue weighted by Crippen LogP contribution is 2.26. The third-order valence-electron chi connectivity index (χ3n) is 6.37. The van der Waals surface area contributed by atoms with Gasteiger partial charge >= 0.3 is 0 Å². The quantitative estimate of drug-likeness (QED) is 0.0894. The van der Waals surface area contributed by atoms with E-state index in [1.54, 1.807) is 24.5 Å². The Bertz CT molecular complexity index is 1360. The van der Waals surface area contributed by atoms with E-state index in [0.717, 1.165) is 29.0 Å². The van der Waals surface area contributed by atoms with Crippen molar-refractivity contribution in [3.63, 3.8) is 0 Å². The smallest absolute Gasteiger partial charge is 0.277 e. The molecule has 2 aromatic heterocycles. The highest BCUT2D eigenvalue weighted by Gasteiger charge is 2.13. The fraction of sp³-hybridized carbons (Fsp3) is 0.355. The second-order valence-corrected chi connectivity index (χ2v) is 10.5. The Morgan fingerprint density at radius 1 is 0.923 bits per heavy atom. The summed E-state index contributed by atoms with van der Waals surface area (Å²) in [5.74, 6) is 1.05. The van der Waals surface area contributed by atoms with Gasteiger partial charge in [-0.2, -0.15) is 4.98 Å². The molecule has 6 nitrogen and oxygen atoms in total. The van der Waals surface area contributed by atoms with Gasteiger partial charge in [0.2, 0.25) is 0 Å². The predicted molar refractivity (Wildman–Crippen MR) is 154 cm³/mol. The van der Waals surface area contributed by atoms with Crippen molar-refractivity contribution < 1.29 is 9.13 Å². The second kappa shape index (κ2) is 15.2. The lowest BCUT2D eigenvalue weighted by Crippen LogP contribution is -2.19. The summed E-state index contributed by atoms with van der Waals surface area (Å²) >= 11 is 1.43. The van der Waals surface area contributed by atoms with Crippen LogP contribution in [0.2, 0.25) is 0 Å². The molecule has 39 heavy (non-hydrogen) atoms. The minimum atomic E-state index is -0.289.